The molecule has 2 aliphatic rings. The van der Waals surface area contributed by atoms with Gasteiger partial charge in [0.1, 0.15) is 5.82 Å². The second-order valence-electron chi connectivity index (χ2n) is 3.69. The number of benzene rings is 1. The molecule has 0 atom stereocenters. The molecule has 1 aliphatic heterocycles. The summed E-state index contributed by atoms with van der Waals surface area (Å²) in [5.74, 6) is -0.120. The van der Waals surface area contributed by atoms with Gasteiger partial charge in [0, 0.05) is 6.04 Å². The van der Waals surface area contributed by atoms with Gasteiger partial charge in [-0.2, -0.15) is 0 Å². The molecule has 0 amide bonds. The summed E-state index contributed by atoms with van der Waals surface area (Å²) in [6.07, 6.45) is 2.48. The molecule has 0 saturated heterocycles. The van der Waals surface area contributed by atoms with Gasteiger partial charge < -0.3 is 4.90 Å². The third-order valence-electron chi connectivity index (χ3n) is 2.65. The molecular formula is C10H11FN2S. The van der Waals surface area contributed by atoms with Crippen LogP contribution in [0.2, 0.25) is 0 Å². The summed E-state index contributed by atoms with van der Waals surface area (Å²) in [5, 5.41) is 0. The quantitative estimate of drug-likeness (QED) is 0.716. The molecule has 1 saturated carbocycles. The second-order valence-corrected chi connectivity index (χ2v) is 4.59. The largest absolute Gasteiger partial charge is 0.354 e. The molecule has 1 fully saturated rings. The lowest BCUT2D eigenvalue weighted by Gasteiger charge is -2.31. The monoisotopic (exact) mass is 210 g/mol. The van der Waals surface area contributed by atoms with Gasteiger partial charge in [0.2, 0.25) is 0 Å². The maximum atomic E-state index is 13.4. The number of hydrogen-bond acceptors (Lipinski definition) is 3. The Balaban J connectivity index is 2.05. The van der Waals surface area contributed by atoms with Crippen LogP contribution in [0, 0.1) is 5.82 Å². The SMILES string of the molecule is Fc1cccc2c1SNCN2C1CC1. The lowest BCUT2D eigenvalue weighted by atomic mass is 10.2. The third-order valence-corrected chi connectivity index (χ3v) is 3.53. The van der Waals surface area contributed by atoms with E-state index in [0.717, 1.165) is 17.3 Å². The molecule has 3 rings (SSSR count). The highest BCUT2D eigenvalue weighted by molar-refractivity contribution is 7.97. The Bertz CT molecular complexity index is 365. The first kappa shape index (κ1) is 8.56. The molecule has 1 heterocycles. The predicted molar refractivity (Wildman–Crippen MR) is 55.8 cm³/mol. The van der Waals surface area contributed by atoms with E-state index >= 15 is 0 Å². The van der Waals surface area contributed by atoms with Gasteiger partial charge in [-0.25, -0.2) is 9.11 Å². The maximum absolute atomic E-state index is 13.4. The van der Waals surface area contributed by atoms with Crippen molar-refractivity contribution in [3.05, 3.63) is 24.0 Å². The predicted octanol–water partition coefficient (Wildman–Crippen LogP) is 2.36. The van der Waals surface area contributed by atoms with Crippen molar-refractivity contribution in [1.82, 2.24) is 4.72 Å². The Hall–Kier alpha value is -0.740. The normalized spacial score (nSPS) is 20.8. The van der Waals surface area contributed by atoms with E-state index in [1.165, 1.54) is 30.9 Å². The summed E-state index contributed by atoms with van der Waals surface area (Å²) in [7, 11) is 0. The Labute approximate surface area is 86.6 Å². The van der Waals surface area contributed by atoms with Crippen molar-refractivity contribution in [2.24, 2.45) is 0 Å². The summed E-state index contributed by atoms with van der Waals surface area (Å²) in [4.78, 5) is 3.00. The molecule has 0 unspecified atom stereocenters. The third kappa shape index (κ3) is 1.29. The van der Waals surface area contributed by atoms with Crippen LogP contribution in [0.15, 0.2) is 23.1 Å². The first-order valence-corrected chi connectivity index (χ1v) is 5.63. The highest BCUT2D eigenvalue weighted by atomic mass is 32.2. The average Bonchev–Trinajstić information content (AvgIpc) is 3.01. The fourth-order valence-corrected chi connectivity index (χ4v) is 2.60. The molecule has 14 heavy (non-hydrogen) atoms. The van der Waals surface area contributed by atoms with Crippen molar-refractivity contribution in [1.29, 1.82) is 0 Å². The van der Waals surface area contributed by atoms with Crippen molar-refractivity contribution in [2.45, 2.75) is 23.8 Å². The molecule has 0 radical (unpaired) electrons. The van der Waals surface area contributed by atoms with Gasteiger partial charge in [-0.1, -0.05) is 6.07 Å². The van der Waals surface area contributed by atoms with Crippen molar-refractivity contribution in [2.75, 3.05) is 11.6 Å². The minimum absolute atomic E-state index is 0.120. The first-order valence-electron chi connectivity index (χ1n) is 4.81. The van der Waals surface area contributed by atoms with Gasteiger partial charge in [-0.15, -0.1) is 0 Å². The molecule has 1 aliphatic carbocycles. The number of nitrogens with zero attached hydrogens (tertiary/aromatic N) is 1. The molecule has 0 aromatic heterocycles. The first-order chi connectivity index (χ1) is 6.86. The summed E-state index contributed by atoms with van der Waals surface area (Å²) in [6.45, 7) is 0.825. The standard InChI is InChI=1S/C10H11FN2S/c11-8-2-1-3-9-10(8)14-12-6-13(9)7-4-5-7/h1-3,7,12H,4-6H2. The number of halogens is 1. The molecule has 74 valence electrons. The zero-order chi connectivity index (χ0) is 9.54. The van der Waals surface area contributed by atoms with Crippen LogP contribution in [0.5, 0.6) is 0 Å². The Morgan fingerprint density at radius 2 is 2.29 bits per heavy atom. The van der Waals surface area contributed by atoms with Gasteiger partial charge >= 0.3 is 0 Å². The van der Waals surface area contributed by atoms with Crippen LogP contribution >= 0.6 is 11.9 Å². The highest BCUT2D eigenvalue weighted by Crippen LogP contribution is 2.40. The molecule has 0 spiro atoms. The molecule has 2 nitrogen and oxygen atoms in total. The smallest absolute Gasteiger partial charge is 0.140 e. The van der Waals surface area contributed by atoms with Crippen LogP contribution in [0.25, 0.3) is 0 Å². The van der Waals surface area contributed by atoms with E-state index in [1.54, 1.807) is 6.07 Å². The van der Waals surface area contributed by atoms with Crippen molar-refractivity contribution in [3.63, 3.8) is 0 Å². The van der Waals surface area contributed by atoms with Gasteiger partial charge in [-0.3, -0.25) is 0 Å². The minimum Gasteiger partial charge on any atom is -0.354 e. The highest BCUT2D eigenvalue weighted by Gasteiger charge is 2.32. The van der Waals surface area contributed by atoms with Crippen molar-refractivity contribution >= 4 is 17.6 Å². The molecule has 0 bridgehead atoms. The Kier molecular flexibility index (Phi) is 1.92. The zero-order valence-electron chi connectivity index (χ0n) is 7.66. The Morgan fingerprint density at radius 1 is 1.43 bits per heavy atom. The van der Waals surface area contributed by atoms with E-state index < -0.39 is 0 Å². The zero-order valence-corrected chi connectivity index (χ0v) is 8.48. The summed E-state index contributed by atoms with van der Waals surface area (Å²) in [6, 6.07) is 5.94. The van der Waals surface area contributed by atoms with E-state index in [-0.39, 0.29) is 5.82 Å². The van der Waals surface area contributed by atoms with Crippen LogP contribution < -0.4 is 9.62 Å². The van der Waals surface area contributed by atoms with Gasteiger partial charge in [0.05, 0.1) is 17.3 Å². The van der Waals surface area contributed by atoms with Crippen LogP contribution in [0.1, 0.15) is 12.8 Å². The molecule has 1 aromatic rings. The van der Waals surface area contributed by atoms with Crippen molar-refractivity contribution in [3.8, 4) is 0 Å². The fraction of sp³-hybridized carbons (Fsp3) is 0.400. The lowest BCUT2D eigenvalue weighted by molar-refractivity contribution is 0.594. The van der Waals surface area contributed by atoms with E-state index in [1.807, 2.05) is 6.07 Å². The van der Waals surface area contributed by atoms with Gasteiger partial charge in [-0.05, 0) is 36.9 Å². The fourth-order valence-electron chi connectivity index (χ4n) is 1.80. The summed E-state index contributed by atoms with van der Waals surface area (Å²) in [5.41, 5.74) is 1.05. The maximum Gasteiger partial charge on any atom is 0.140 e. The van der Waals surface area contributed by atoms with Gasteiger partial charge in [0.15, 0.2) is 0 Å². The Morgan fingerprint density at radius 3 is 3.07 bits per heavy atom. The van der Waals surface area contributed by atoms with Gasteiger partial charge in [0.25, 0.3) is 0 Å². The van der Waals surface area contributed by atoms with Crippen molar-refractivity contribution < 1.29 is 4.39 Å². The average molecular weight is 210 g/mol. The molecule has 1 N–H and O–H groups in total. The summed E-state index contributed by atoms with van der Waals surface area (Å²) < 4.78 is 16.6. The molecule has 4 heteroatoms. The summed E-state index contributed by atoms with van der Waals surface area (Å²) >= 11 is 1.40. The van der Waals surface area contributed by atoms with Crippen LogP contribution in [0.3, 0.4) is 0 Å². The number of hydrogen-bond donors (Lipinski definition) is 1. The second kappa shape index (κ2) is 3.14. The van der Waals surface area contributed by atoms with Crippen LogP contribution in [-0.4, -0.2) is 12.7 Å². The lowest BCUT2D eigenvalue weighted by Crippen LogP contribution is -2.36. The number of nitrogens with one attached hydrogen (secondary N) is 1. The van der Waals surface area contributed by atoms with E-state index in [0.29, 0.717) is 6.04 Å². The molecule has 1 aromatic carbocycles. The van der Waals surface area contributed by atoms with E-state index in [9.17, 15) is 4.39 Å². The number of rotatable bonds is 1. The minimum atomic E-state index is -0.120. The van der Waals surface area contributed by atoms with Crippen LogP contribution in [-0.2, 0) is 0 Å². The van der Waals surface area contributed by atoms with E-state index in [2.05, 4.69) is 9.62 Å². The van der Waals surface area contributed by atoms with Crippen LogP contribution in [0.4, 0.5) is 10.1 Å². The van der Waals surface area contributed by atoms with E-state index in [4.69, 9.17) is 0 Å². The number of anilines is 1. The topological polar surface area (TPSA) is 15.3 Å². The molecular weight excluding hydrogens is 199 g/mol. The number of fused-ring (bicyclic) bond motifs is 1.